The van der Waals surface area contributed by atoms with Crippen LogP contribution in [0.2, 0.25) is 0 Å². The molecule has 1 aromatic carbocycles. The predicted octanol–water partition coefficient (Wildman–Crippen LogP) is 6.08. The highest BCUT2D eigenvalue weighted by Crippen LogP contribution is 2.32. The zero-order chi connectivity index (χ0) is 16.4. The van der Waals surface area contributed by atoms with Crippen LogP contribution >= 0.6 is 12.6 Å². The van der Waals surface area contributed by atoms with E-state index in [0.717, 1.165) is 30.9 Å². The van der Waals surface area contributed by atoms with E-state index < -0.39 is 0 Å². The quantitative estimate of drug-likeness (QED) is 0.394. The van der Waals surface area contributed by atoms with Gasteiger partial charge in [0.2, 0.25) is 0 Å². The minimum absolute atomic E-state index is 0.142. The maximum atomic E-state index is 6.85. The Kier molecular flexibility index (Phi) is 8.53. The van der Waals surface area contributed by atoms with Gasteiger partial charge in [-0.15, -0.1) is 0 Å². The number of thiol groups is 1. The Morgan fingerprint density at radius 1 is 0.913 bits per heavy atom. The second-order valence-electron chi connectivity index (χ2n) is 7.45. The standard InChI is InChI=1S/C21H35NS/c22-21(17-9-10-18-23,20-14-5-2-6-15-20)16-8-7-13-19-11-3-1-4-12-19/h2,5-6,14-15,19,23H,1,3-4,7-13,16-18,22H2. The molecule has 0 aliphatic heterocycles. The summed E-state index contributed by atoms with van der Waals surface area (Å²) in [6.07, 6.45) is 15.9. The van der Waals surface area contributed by atoms with Crippen LogP contribution in [0.4, 0.5) is 0 Å². The topological polar surface area (TPSA) is 26.0 Å². The van der Waals surface area contributed by atoms with E-state index in [9.17, 15) is 0 Å². The van der Waals surface area contributed by atoms with Crippen molar-refractivity contribution in [1.29, 1.82) is 0 Å². The minimum atomic E-state index is -0.142. The minimum Gasteiger partial charge on any atom is -0.321 e. The van der Waals surface area contributed by atoms with Crippen molar-refractivity contribution in [3.05, 3.63) is 35.9 Å². The SMILES string of the molecule is NC(CCCCS)(CCCCC1CCCCC1)c1ccccc1. The van der Waals surface area contributed by atoms with E-state index in [-0.39, 0.29) is 5.54 Å². The van der Waals surface area contributed by atoms with Crippen LogP contribution in [-0.2, 0) is 5.54 Å². The van der Waals surface area contributed by atoms with Crippen molar-refractivity contribution in [3.63, 3.8) is 0 Å². The van der Waals surface area contributed by atoms with E-state index in [1.54, 1.807) is 0 Å². The summed E-state index contributed by atoms with van der Waals surface area (Å²) in [7, 11) is 0. The molecule has 1 atom stereocenters. The Bertz CT molecular complexity index is 413. The second kappa shape index (κ2) is 10.4. The Labute approximate surface area is 148 Å². The van der Waals surface area contributed by atoms with Crippen LogP contribution in [0.1, 0.15) is 82.6 Å². The Morgan fingerprint density at radius 2 is 1.57 bits per heavy atom. The Hall–Kier alpha value is -0.470. The van der Waals surface area contributed by atoms with Gasteiger partial charge in [-0.05, 0) is 36.5 Å². The van der Waals surface area contributed by atoms with Gasteiger partial charge in [-0.25, -0.2) is 0 Å². The Morgan fingerprint density at radius 3 is 2.22 bits per heavy atom. The van der Waals surface area contributed by atoms with Crippen molar-refractivity contribution in [1.82, 2.24) is 0 Å². The fourth-order valence-electron chi connectivity index (χ4n) is 4.09. The van der Waals surface area contributed by atoms with Crippen LogP contribution in [-0.4, -0.2) is 5.75 Å². The highest BCUT2D eigenvalue weighted by molar-refractivity contribution is 7.80. The average molecular weight is 334 g/mol. The molecule has 1 fully saturated rings. The monoisotopic (exact) mass is 333 g/mol. The molecular weight excluding hydrogens is 298 g/mol. The molecule has 1 aromatic rings. The van der Waals surface area contributed by atoms with Gasteiger partial charge in [0, 0.05) is 5.54 Å². The zero-order valence-electron chi connectivity index (χ0n) is 14.7. The lowest BCUT2D eigenvalue weighted by Crippen LogP contribution is -2.36. The zero-order valence-corrected chi connectivity index (χ0v) is 15.6. The molecule has 2 heteroatoms. The molecule has 1 saturated carbocycles. The normalized spacial score (nSPS) is 18.7. The van der Waals surface area contributed by atoms with Crippen molar-refractivity contribution < 1.29 is 0 Å². The maximum absolute atomic E-state index is 6.85. The molecule has 1 aliphatic rings. The number of unbranched alkanes of at least 4 members (excludes halogenated alkanes) is 2. The number of nitrogens with two attached hydrogens (primary N) is 1. The van der Waals surface area contributed by atoms with Crippen LogP contribution in [0.25, 0.3) is 0 Å². The second-order valence-corrected chi connectivity index (χ2v) is 7.90. The van der Waals surface area contributed by atoms with Crippen LogP contribution < -0.4 is 5.73 Å². The summed E-state index contributed by atoms with van der Waals surface area (Å²) in [5.41, 5.74) is 8.03. The number of rotatable bonds is 10. The number of hydrogen-bond acceptors (Lipinski definition) is 2. The van der Waals surface area contributed by atoms with Crippen LogP contribution in [0.15, 0.2) is 30.3 Å². The summed E-state index contributed by atoms with van der Waals surface area (Å²) in [4.78, 5) is 0. The molecule has 0 spiro atoms. The number of benzene rings is 1. The van der Waals surface area contributed by atoms with Gasteiger partial charge in [0.05, 0.1) is 0 Å². The summed E-state index contributed by atoms with van der Waals surface area (Å²) in [6.45, 7) is 0. The van der Waals surface area contributed by atoms with Gasteiger partial charge >= 0.3 is 0 Å². The molecule has 0 aromatic heterocycles. The smallest absolute Gasteiger partial charge is 0.0409 e. The first-order chi connectivity index (χ1) is 11.2. The molecule has 2 rings (SSSR count). The van der Waals surface area contributed by atoms with Crippen molar-refractivity contribution >= 4 is 12.6 Å². The fraction of sp³-hybridized carbons (Fsp3) is 0.714. The molecule has 1 unspecified atom stereocenters. The van der Waals surface area contributed by atoms with Crippen LogP contribution in [0, 0.1) is 5.92 Å². The van der Waals surface area contributed by atoms with E-state index in [2.05, 4.69) is 43.0 Å². The van der Waals surface area contributed by atoms with E-state index in [0.29, 0.717) is 0 Å². The Balaban J connectivity index is 1.81. The summed E-state index contributed by atoms with van der Waals surface area (Å²) >= 11 is 4.34. The van der Waals surface area contributed by atoms with E-state index in [1.165, 1.54) is 63.4 Å². The third-order valence-electron chi connectivity index (χ3n) is 5.59. The lowest BCUT2D eigenvalue weighted by atomic mass is 9.80. The van der Waals surface area contributed by atoms with Crippen molar-refractivity contribution in [2.75, 3.05) is 5.75 Å². The first kappa shape index (κ1) is 18.9. The first-order valence-electron chi connectivity index (χ1n) is 9.70. The van der Waals surface area contributed by atoms with Crippen LogP contribution in [0.3, 0.4) is 0 Å². The highest BCUT2D eigenvalue weighted by Gasteiger charge is 2.26. The van der Waals surface area contributed by atoms with Gasteiger partial charge in [-0.3, -0.25) is 0 Å². The lowest BCUT2D eigenvalue weighted by molar-refractivity contribution is 0.308. The molecule has 1 nitrogen and oxygen atoms in total. The van der Waals surface area contributed by atoms with Crippen molar-refractivity contribution in [3.8, 4) is 0 Å². The molecule has 130 valence electrons. The third-order valence-corrected chi connectivity index (χ3v) is 5.91. The molecule has 23 heavy (non-hydrogen) atoms. The van der Waals surface area contributed by atoms with E-state index in [1.807, 2.05) is 0 Å². The third kappa shape index (κ3) is 6.51. The molecular formula is C21H35NS. The van der Waals surface area contributed by atoms with Gasteiger partial charge in [0.15, 0.2) is 0 Å². The van der Waals surface area contributed by atoms with Gasteiger partial charge < -0.3 is 5.73 Å². The molecule has 0 heterocycles. The summed E-state index contributed by atoms with van der Waals surface area (Å²) in [5, 5.41) is 0. The van der Waals surface area contributed by atoms with Crippen molar-refractivity contribution in [2.45, 2.75) is 82.6 Å². The van der Waals surface area contributed by atoms with Gasteiger partial charge in [0.25, 0.3) is 0 Å². The van der Waals surface area contributed by atoms with Crippen molar-refractivity contribution in [2.24, 2.45) is 11.7 Å². The van der Waals surface area contributed by atoms with E-state index in [4.69, 9.17) is 5.73 Å². The first-order valence-corrected chi connectivity index (χ1v) is 10.3. The van der Waals surface area contributed by atoms with Gasteiger partial charge in [-0.1, -0.05) is 88.1 Å². The maximum Gasteiger partial charge on any atom is 0.0409 e. The largest absolute Gasteiger partial charge is 0.321 e. The summed E-state index contributed by atoms with van der Waals surface area (Å²) in [6, 6.07) is 10.7. The summed E-state index contributed by atoms with van der Waals surface area (Å²) in [5.74, 6) is 1.96. The molecule has 2 N–H and O–H groups in total. The molecule has 1 aliphatic carbocycles. The predicted molar refractivity (Wildman–Crippen MR) is 105 cm³/mol. The van der Waals surface area contributed by atoms with E-state index >= 15 is 0 Å². The average Bonchev–Trinajstić information content (AvgIpc) is 2.61. The molecule has 0 radical (unpaired) electrons. The summed E-state index contributed by atoms with van der Waals surface area (Å²) < 4.78 is 0. The van der Waals surface area contributed by atoms with Gasteiger partial charge in [0.1, 0.15) is 0 Å². The van der Waals surface area contributed by atoms with Crippen LogP contribution in [0.5, 0.6) is 0 Å². The fourth-order valence-corrected chi connectivity index (χ4v) is 4.31. The lowest BCUT2D eigenvalue weighted by Gasteiger charge is -2.31. The molecule has 0 saturated heterocycles. The molecule has 0 amide bonds. The number of hydrogen-bond donors (Lipinski definition) is 2. The highest BCUT2D eigenvalue weighted by atomic mass is 32.1. The molecule has 0 bridgehead atoms. The van der Waals surface area contributed by atoms with Gasteiger partial charge in [-0.2, -0.15) is 12.6 Å².